The number of rotatable bonds is 6. The molecule has 1 atom stereocenters. The number of carbonyl (C=O) groups is 1. The fraction of sp³-hybridized carbons (Fsp3) is 0.389. The number of aromatic amines is 1. The number of nitrogens with zero attached hydrogens (tertiary/aromatic N) is 1. The molecule has 5 nitrogen and oxygen atoms in total. The predicted octanol–water partition coefficient (Wildman–Crippen LogP) is 2.76. The van der Waals surface area contributed by atoms with E-state index >= 15 is 0 Å². The molecule has 0 saturated carbocycles. The number of nitrogens with one attached hydrogen (secondary N) is 2. The summed E-state index contributed by atoms with van der Waals surface area (Å²) in [6, 6.07) is 7.49. The van der Waals surface area contributed by atoms with E-state index in [-0.39, 0.29) is 5.91 Å². The lowest BCUT2D eigenvalue weighted by molar-refractivity contribution is 0.0943. The Morgan fingerprint density at radius 1 is 1.48 bits per heavy atom. The Morgan fingerprint density at radius 3 is 3.13 bits per heavy atom. The molecule has 0 aliphatic carbocycles. The van der Waals surface area contributed by atoms with Gasteiger partial charge in [-0.25, -0.2) is 0 Å². The second-order valence-electron chi connectivity index (χ2n) is 6.19. The van der Waals surface area contributed by atoms with Gasteiger partial charge in [-0.2, -0.15) is 0 Å². The molecule has 1 aliphatic rings. The van der Waals surface area contributed by atoms with Crippen LogP contribution < -0.4 is 5.32 Å². The smallest absolute Gasteiger partial charge is 0.267 e. The molecule has 3 rings (SSSR count). The van der Waals surface area contributed by atoms with Crippen LogP contribution in [0.3, 0.4) is 0 Å². The fourth-order valence-corrected chi connectivity index (χ4v) is 3.04. The van der Waals surface area contributed by atoms with Gasteiger partial charge in [-0.3, -0.25) is 9.69 Å². The Morgan fingerprint density at radius 2 is 2.39 bits per heavy atom. The summed E-state index contributed by atoms with van der Waals surface area (Å²) in [5.41, 5.74) is 1.91. The average molecular weight is 313 g/mol. The SMILES string of the molecule is C/C(=C\c1ccco1)CN1CCC(CNC(=O)c2ccc[nH]2)C1. The molecule has 122 valence electrons. The van der Waals surface area contributed by atoms with Crippen LogP contribution >= 0.6 is 0 Å². The van der Waals surface area contributed by atoms with Crippen molar-refractivity contribution < 1.29 is 9.21 Å². The topological polar surface area (TPSA) is 61.3 Å². The van der Waals surface area contributed by atoms with Crippen LogP contribution in [0.4, 0.5) is 0 Å². The van der Waals surface area contributed by atoms with Crippen molar-refractivity contribution in [2.24, 2.45) is 5.92 Å². The largest absolute Gasteiger partial charge is 0.465 e. The molecule has 1 fully saturated rings. The minimum absolute atomic E-state index is 0.0256. The van der Waals surface area contributed by atoms with Crippen molar-refractivity contribution in [1.29, 1.82) is 0 Å². The van der Waals surface area contributed by atoms with Gasteiger partial charge in [-0.1, -0.05) is 5.57 Å². The van der Waals surface area contributed by atoms with Gasteiger partial charge in [0.25, 0.3) is 5.91 Å². The van der Waals surface area contributed by atoms with Crippen molar-refractivity contribution >= 4 is 12.0 Å². The van der Waals surface area contributed by atoms with E-state index in [4.69, 9.17) is 4.42 Å². The quantitative estimate of drug-likeness (QED) is 0.862. The minimum Gasteiger partial charge on any atom is -0.465 e. The van der Waals surface area contributed by atoms with Gasteiger partial charge in [0.1, 0.15) is 11.5 Å². The zero-order chi connectivity index (χ0) is 16.1. The summed E-state index contributed by atoms with van der Waals surface area (Å²) < 4.78 is 5.34. The molecule has 1 saturated heterocycles. The molecular formula is C18H23N3O2. The van der Waals surface area contributed by atoms with Crippen LogP contribution in [0.1, 0.15) is 29.6 Å². The lowest BCUT2D eigenvalue weighted by Gasteiger charge is -2.16. The predicted molar refractivity (Wildman–Crippen MR) is 90.0 cm³/mol. The Kier molecular flexibility index (Phi) is 4.98. The van der Waals surface area contributed by atoms with Crippen molar-refractivity contribution in [1.82, 2.24) is 15.2 Å². The van der Waals surface area contributed by atoms with Crippen LogP contribution in [-0.2, 0) is 0 Å². The van der Waals surface area contributed by atoms with Crippen LogP contribution in [0.5, 0.6) is 0 Å². The summed E-state index contributed by atoms with van der Waals surface area (Å²) in [7, 11) is 0. The van der Waals surface area contributed by atoms with Crippen molar-refractivity contribution in [2.45, 2.75) is 13.3 Å². The van der Waals surface area contributed by atoms with E-state index in [0.717, 1.165) is 38.4 Å². The van der Waals surface area contributed by atoms with Crippen molar-refractivity contribution in [3.63, 3.8) is 0 Å². The minimum atomic E-state index is -0.0256. The van der Waals surface area contributed by atoms with Crippen molar-refractivity contribution in [3.05, 3.63) is 53.8 Å². The highest BCUT2D eigenvalue weighted by molar-refractivity contribution is 5.92. The maximum Gasteiger partial charge on any atom is 0.267 e. The number of H-pyrrole nitrogens is 1. The van der Waals surface area contributed by atoms with Crippen LogP contribution in [0, 0.1) is 5.92 Å². The number of hydrogen-bond acceptors (Lipinski definition) is 3. The van der Waals surface area contributed by atoms with Gasteiger partial charge in [-0.05, 0) is 56.1 Å². The second kappa shape index (κ2) is 7.33. The zero-order valence-corrected chi connectivity index (χ0v) is 13.4. The summed E-state index contributed by atoms with van der Waals surface area (Å²) >= 11 is 0. The van der Waals surface area contributed by atoms with Crippen LogP contribution in [-0.4, -0.2) is 42.0 Å². The molecule has 0 spiro atoms. The lowest BCUT2D eigenvalue weighted by Crippen LogP contribution is -2.31. The molecule has 23 heavy (non-hydrogen) atoms. The molecule has 1 aliphatic heterocycles. The van der Waals surface area contributed by atoms with Crippen LogP contribution in [0.2, 0.25) is 0 Å². The average Bonchev–Trinajstić information content (AvgIpc) is 3.27. The molecule has 2 aromatic rings. The number of furan rings is 1. The first kappa shape index (κ1) is 15.6. The third kappa shape index (κ3) is 4.36. The summed E-state index contributed by atoms with van der Waals surface area (Å²) in [5.74, 6) is 1.39. The number of carbonyl (C=O) groups excluding carboxylic acids is 1. The van der Waals surface area contributed by atoms with E-state index in [1.165, 1.54) is 5.57 Å². The fourth-order valence-electron chi connectivity index (χ4n) is 3.04. The molecule has 0 bridgehead atoms. The summed E-state index contributed by atoms with van der Waals surface area (Å²) in [6.45, 7) is 5.90. The number of hydrogen-bond donors (Lipinski definition) is 2. The summed E-state index contributed by atoms with van der Waals surface area (Å²) in [5, 5.41) is 3.01. The van der Waals surface area contributed by atoms with Crippen LogP contribution in [0.15, 0.2) is 46.7 Å². The highest BCUT2D eigenvalue weighted by Crippen LogP contribution is 2.18. The highest BCUT2D eigenvalue weighted by Gasteiger charge is 2.23. The molecule has 1 unspecified atom stereocenters. The Balaban J connectivity index is 1.42. The second-order valence-corrected chi connectivity index (χ2v) is 6.19. The molecule has 5 heteroatoms. The van der Waals surface area contributed by atoms with Gasteiger partial charge in [0.05, 0.1) is 6.26 Å². The third-order valence-electron chi connectivity index (χ3n) is 4.17. The lowest BCUT2D eigenvalue weighted by atomic mass is 10.1. The third-order valence-corrected chi connectivity index (χ3v) is 4.17. The normalized spacial score (nSPS) is 19.2. The monoisotopic (exact) mass is 313 g/mol. The molecule has 1 amide bonds. The van der Waals surface area contributed by atoms with E-state index < -0.39 is 0 Å². The van der Waals surface area contributed by atoms with E-state index in [9.17, 15) is 4.79 Å². The van der Waals surface area contributed by atoms with Gasteiger partial charge in [-0.15, -0.1) is 0 Å². The van der Waals surface area contributed by atoms with E-state index in [1.54, 1.807) is 18.5 Å². The maximum atomic E-state index is 11.9. The van der Waals surface area contributed by atoms with E-state index in [0.29, 0.717) is 11.6 Å². The first-order valence-electron chi connectivity index (χ1n) is 8.05. The number of likely N-dealkylation sites (tertiary alicyclic amines) is 1. The van der Waals surface area contributed by atoms with E-state index in [2.05, 4.69) is 28.2 Å². The Labute approximate surface area is 136 Å². The molecule has 3 heterocycles. The first-order chi connectivity index (χ1) is 11.2. The number of amides is 1. The van der Waals surface area contributed by atoms with Gasteiger partial charge >= 0.3 is 0 Å². The van der Waals surface area contributed by atoms with Crippen LogP contribution in [0.25, 0.3) is 6.08 Å². The Hall–Kier alpha value is -2.27. The number of aromatic nitrogens is 1. The molecule has 0 radical (unpaired) electrons. The first-order valence-corrected chi connectivity index (χ1v) is 8.05. The molecular weight excluding hydrogens is 290 g/mol. The molecule has 2 N–H and O–H groups in total. The van der Waals surface area contributed by atoms with Crippen molar-refractivity contribution in [3.8, 4) is 0 Å². The maximum absolute atomic E-state index is 11.9. The van der Waals surface area contributed by atoms with Gasteiger partial charge in [0.2, 0.25) is 0 Å². The van der Waals surface area contributed by atoms with E-state index in [1.807, 2.05) is 18.2 Å². The van der Waals surface area contributed by atoms with Gasteiger partial charge in [0.15, 0.2) is 0 Å². The summed E-state index contributed by atoms with van der Waals surface area (Å²) in [4.78, 5) is 17.3. The standard InChI is InChI=1S/C18H23N3O2/c1-14(10-16-4-3-9-23-16)12-21-8-6-15(13-21)11-20-18(22)17-5-2-7-19-17/h2-5,7,9-10,15,19H,6,8,11-13H2,1H3,(H,20,22)/b14-10+. The summed E-state index contributed by atoms with van der Waals surface area (Å²) in [6.07, 6.45) is 6.66. The molecule has 0 aromatic carbocycles. The highest BCUT2D eigenvalue weighted by atomic mass is 16.3. The zero-order valence-electron chi connectivity index (χ0n) is 13.4. The van der Waals surface area contributed by atoms with Crippen molar-refractivity contribution in [2.75, 3.05) is 26.2 Å². The van der Waals surface area contributed by atoms with Gasteiger partial charge in [0, 0.05) is 25.8 Å². The van der Waals surface area contributed by atoms with Gasteiger partial charge < -0.3 is 14.7 Å². The molecule has 2 aromatic heterocycles. The Bertz CT molecular complexity index is 644.